The molecule has 2 amide bonds. The Labute approximate surface area is 136 Å². The molecule has 23 heavy (non-hydrogen) atoms. The first-order valence-corrected chi connectivity index (χ1v) is 7.54. The lowest BCUT2D eigenvalue weighted by atomic mass is 10.2. The number of hydrogen-bond acceptors (Lipinski definition) is 5. The predicted molar refractivity (Wildman–Crippen MR) is 87.8 cm³/mol. The van der Waals surface area contributed by atoms with Gasteiger partial charge in [-0.3, -0.25) is 9.59 Å². The number of hydrogen-bond donors (Lipinski definition) is 2. The fraction of sp³-hybridized carbons (Fsp3) is 0.438. The molecule has 0 radical (unpaired) electrons. The monoisotopic (exact) mass is 321 g/mol. The minimum absolute atomic E-state index is 0.475. The van der Waals surface area contributed by atoms with Crippen LogP contribution < -0.4 is 20.2 Å². The van der Waals surface area contributed by atoms with E-state index in [9.17, 15) is 9.59 Å². The minimum Gasteiger partial charge on any atom is -0.493 e. The molecule has 0 spiro atoms. The molecule has 0 aliphatic carbocycles. The van der Waals surface area contributed by atoms with Crippen LogP contribution in [0.2, 0.25) is 0 Å². The number of nitrogens with one attached hydrogen (secondary N) is 2. The summed E-state index contributed by atoms with van der Waals surface area (Å²) in [5.41, 5.74) is 2.89. The van der Waals surface area contributed by atoms with Gasteiger partial charge in [-0.2, -0.15) is 5.10 Å². The van der Waals surface area contributed by atoms with Crippen LogP contribution in [-0.4, -0.2) is 38.3 Å². The largest absolute Gasteiger partial charge is 0.493 e. The average Bonchev–Trinajstić information content (AvgIpc) is 2.55. The van der Waals surface area contributed by atoms with Gasteiger partial charge in [0.1, 0.15) is 0 Å². The number of ether oxygens (including phenoxy) is 2. The van der Waals surface area contributed by atoms with E-state index >= 15 is 0 Å². The van der Waals surface area contributed by atoms with Gasteiger partial charge in [0.2, 0.25) is 0 Å². The quantitative estimate of drug-likeness (QED) is 0.328. The summed E-state index contributed by atoms with van der Waals surface area (Å²) >= 11 is 0. The zero-order valence-corrected chi connectivity index (χ0v) is 13.7. The number of carbonyl (C=O) groups excluding carboxylic acids is 2. The van der Waals surface area contributed by atoms with E-state index < -0.39 is 11.8 Å². The van der Waals surface area contributed by atoms with Crippen molar-refractivity contribution in [2.75, 3.05) is 20.3 Å². The Morgan fingerprint density at radius 1 is 1.22 bits per heavy atom. The lowest BCUT2D eigenvalue weighted by Crippen LogP contribution is -2.38. The van der Waals surface area contributed by atoms with Crippen molar-refractivity contribution in [1.82, 2.24) is 10.7 Å². The van der Waals surface area contributed by atoms with Crippen molar-refractivity contribution in [3.63, 3.8) is 0 Å². The van der Waals surface area contributed by atoms with Crippen LogP contribution in [0.15, 0.2) is 23.3 Å². The highest BCUT2D eigenvalue weighted by Gasteiger charge is 2.11. The van der Waals surface area contributed by atoms with Gasteiger partial charge in [0.05, 0.1) is 19.9 Å². The van der Waals surface area contributed by atoms with Crippen molar-refractivity contribution >= 4 is 18.0 Å². The summed E-state index contributed by atoms with van der Waals surface area (Å²) in [7, 11) is 1.56. The van der Waals surface area contributed by atoms with Crippen LogP contribution >= 0.6 is 0 Å². The van der Waals surface area contributed by atoms with Gasteiger partial charge in [-0.25, -0.2) is 5.43 Å². The van der Waals surface area contributed by atoms with E-state index in [0.29, 0.717) is 30.2 Å². The van der Waals surface area contributed by atoms with Crippen LogP contribution in [0.1, 0.15) is 32.3 Å². The van der Waals surface area contributed by atoms with Crippen LogP contribution in [0.5, 0.6) is 11.5 Å². The topological polar surface area (TPSA) is 89.0 Å². The summed E-state index contributed by atoms with van der Waals surface area (Å²) in [6.45, 7) is 4.85. The summed E-state index contributed by atoms with van der Waals surface area (Å²) in [4.78, 5) is 23.0. The highest BCUT2D eigenvalue weighted by molar-refractivity contribution is 6.35. The van der Waals surface area contributed by atoms with Crippen LogP contribution in [0, 0.1) is 0 Å². The van der Waals surface area contributed by atoms with E-state index in [0.717, 1.165) is 12.8 Å². The number of carbonyl (C=O) groups is 2. The second-order valence-electron chi connectivity index (χ2n) is 4.65. The van der Waals surface area contributed by atoms with E-state index in [1.165, 1.54) is 6.21 Å². The Bertz CT molecular complexity index is 558. The molecule has 0 fully saturated rings. The van der Waals surface area contributed by atoms with Crippen LogP contribution in [0.4, 0.5) is 0 Å². The summed E-state index contributed by atoms with van der Waals surface area (Å²) in [6, 6.07) is 5.24. The molecule has 0 aromatic heterocycles. The molecule has 126 valence electrons. The third kappa shape index (κ3) is 6.37. The summed E-state index contributed by atoms with van der Waals surface area (Å²) < 4.78 is 10.6. The van der Waals surface area contributed by atoms with Gasteiger partial charge < -0.3 is 14.8 Å². The molecule has 0 unspecified atom stereocenters. The van der Waals surface area contributed by atoms with Gasteiger partial charge in [-0.1, -0.05) is 13.3 Å². The normalized spacial score (nSPS) is 10.4. The molecule has 0 aliphatic heterocycles. The number of nitrogens with zero attached hydrogens (tertiary/aromatic N) is 1. The predicted octanol–water partition coefficient (Wildman–Crippen LogP) is 1.46. The maximum Gasteiger partial charge on any atom is 0.329 e. The molecular formula is C16H23N3O4. The lowest BCUT2D eigenvalue weighted by molar-refractivity contribution is -0.139. The summed E-state index contributed by atoms with van der Waals surface area (Å²) in [5, 5.41) is 6.28. The van der Waals surface area contributed by atoms with Crippen molar-refractivity contribution in [3.8, 4) is 11.5 Å². The minimum atomic E-state index is -0.795. The number of methoxy groups -OCH3 is 1. The summed E-state index contributed by atoms with van der Waals surface area (Å²) in [5.74, 6) is -0.290. The van der Waals surface area contributed by atoms with Gasteiger partial charge >= 0.3 is 11.8 Å². The molecule has 0 saturated heterocycles. The molecule has 0 heterocycles. The summed E-state index contributed by atoms with van der Waals surface area (Å²) in [6.07, 6.45) is 3.20. The van der Waals surface area contributed by atoms with Gasteiger partial charge in [0, 0.05) is 6.54 Å². The number of unbranched alkanes of at least 4 members (excludes halogenated alkanes) is 1. The molecule has 1 rings (SSSR count). The van der Waals surface area contributed by atoms with Crippen LogP contribution in [0.3, 0.4) is 0 Å². The molecule has 1 aromatic rings. The standard InChI is InChI=1S/C16H23N3O4/c1-4-6-9-17-15(20)16(21)19-18-11-12-7-8-13(22-3)14(10-12)23-5-2/h7-8,10-11H,4-6,9H2,1-3H3,(H,17,20)(H,19,21)/b18-11-. The molecular weight excluding hydrogens is 298 g/mol. The zero-order chi connectivity index (χ0) is 17.1. The molecule has 2 N–H and O–H groups in total. The Hall–Kier alpha value is -2.57. The first kappa shape index (κ1) is 18.5. The van der Waals surface area contributed by atoms with Crippen molar-refractivity contribution in [3.05, 3.63) is 23.8 Å². The SMILES string of the molecule is CCCCNC(=O)C(=O)N/N=C\c1ccc(OC)c(OCC)c1. The fourth-order valence-electron chi connectivity index (χ4n) is 1.72. The van der Waals surface area contributed by atoms with Gasteiger partial charge in [0.15, 0.2) is 11.5 Å². The van der Waals surface area contributed by atoms with E-state index in [1.807, 2.05) is 13.8 Å². The van der Waals surface area contributed by atoms with Crippen LogP contribution in [-0.2, 0) is 9.59 Å². The third-order valence-corrected chi connectivity index (χ3v) is 2.89. The molecule has 7 nitrogen and oxygen atoms in total. The Morgan fingerprint density at radius 2 is 2.00 bits per heavy atom. The lowest BCUT2D eigenvalue weighted by Gasteiger charge is -2.09. The van der Waals surface area contributed by atoms with E-state index in [-0.39, 0.29) is 0 Å². The van der Waals surface area contributed by atoms with Crippen LogP contribution in [0.25, 0.3) is 0 Å². The molecule has 0 aliphatic rings. The van der Waals surface area contributed by atoms with Gasteiger partial charge in [-0.05, 0) is 37.1 Å². The van der Waals surface area contributed by atoms with Crippen molar-refractivity contribution in [1.29, 1.82) is 0 Å². The van der Waals surface area contributed by atoms with E-state index in [2.05, 4.69) is 15.8 Å². The number of hydrazone groups is 1. The molecule has 7 heteroatoms. The maximum absolute atomic E-state index is 11.5. The Balaban J connectivity index is 2.58. The Kier molecular flexibility index (Phi) is 8.20. The molecule has 0 atom stereocenters. The highest BCUT2D eigenvalue weighted by Crippen LogP contribution is 2.27. The van der Waals surface area contributed by atoms with E-state index in [4.69, 9.17) is 9.47 Å². The fourth-order valence-corrected chi connectivity index (χ4v) is 1.72. The second-order valence-corrected chi connectivity index (χ2v) is 4.65. The van der Waals surface area contributed by atoms with E-state index in [1.54, 1.807) is 25.3 Å². The second kappa shape index (κ2) is 10.2. The zero-order valence-electron chi connectivity index (χ0n) is 13.7. The third-order valence-electron chi connectivity index (χ3n) is 2.89. The number of benzene rings is 1. The van der Waals surface area contributed by atoms with Gasteiger partial charge in [0.25, 0.3) is 0 Å². The average molecular weight is 321 g/mol. The molecule has 0 saturated carbocycles. The highest BCUT2D eigenvalue weighted by atomic mass is 16.5. The first-order valence-electron chi connectivity index (χ1n) is 7.54. The maximum atomic E-state index is 11.5. The Morgan fingerprint density at radius 3 is 2.65 bits per heavy atom. The smallest absolute Gasteiger partial charge is 0.329 e. The number of rotatable bonds is 8. The van der Waals surface area contributed by atoms with Crippen molar-refractivity contribution in [2.24, 2.45) is 5.10 Å². The van der Waals surface area contributed by atoms with Crippen molar-refractivity contribution in [2.45, 2.75) is 26.7 Å². The molecule has 1 aromatic carbocycles. The first-order chi connectivity index (χ1) is 11.1. The number of amides is 2. The van der Waals surface area contributed by atoms with Crippen molar-refractivity contribution < 1.29 is 19.1 Å². The van der Waals surface area contributed by atoms with Gasteiger partial charge in [-0.15, -0.1) is 0 Å². The molecule has 0 bridgehead atoms.